The fourth-order valence-electron chi connectivity index (χ4n) is 2.58. The molecule has 1 aliphatic heterocycles. The molecule has 3 heterocycles. The van der Waals surface area contributed by atoms with E-state index in [1.807, 2.05) is 43.3 Å². The van der Waals surface area contributed by atoms with Gasteiger partial charge in [0.05, 0.1) is 5.02 Å². The van der Waals surface area contributed by atoms with Crippen LogP contribution in [0.5, 0.6) is 0 Å². The summed E-state index contributed by atoms with van der Waals surface area (Å²) in [6.45, 7) is 3.98. The molecule has 24 heavy (non-hydrogen) atoms. The predicted molar refractivity (Wildman–Crippen MR) is 95.9 cm³/mol. The van der Waals surface area contributed by atoms with Crippen molar-refractivity contribution in [3.05, 3.63) is 47.1 Å². The normalized spacial score (nSPS) is 13.7. The number of H-pyrrole nitrogens is 1. The van der Waals surface area contributed by atoms with Crippen LogP contribution in [0.25, 0.3) is 11.4 Å². The minimum absolute atomic E-state index is 0.611. The minimum atomic E-state index is 0.611. The lowest BCUT2D eigenvalue weighted by Crippen LogP contribution is -2.37. The molecule has 2 aromatic heterocycles. The Kier molecular flexibility index (Phi) is 3.82. The molecule has 0 radical (unpaired) electrons. The van der Waals surface area contributed by atoms with E-state index in [1.165, 1.54) is 6.42 Å². The van der Waals surface area contributed by atoms with Crippen LogP contribution in [-0.4, -0.2) is 33.3 Å². The van der Waals surface area contributed by atoms with Gasteiger partial charge in [0, 0.05) is 36.5 Å². The van der Waals surface area contributed by atoms with Crippen molar-refractivity contribution in [2.24, 2.45) is 0 Å². The quantitative estimate of drug-likeness (QED) is 0.756. The Morgan fingerprint density at radius 1 is 1.12 bits per heavy atom. The Morgan fingerprint density at radius 3 is 2.62 bits per heavy atom. The number of rotatable bonds is 4. The average molecular weight is 341 g/mol. The molecule has 7 heteroatoms. The molecule has 0 aliphatic carbocycles. The second-order valence-electron chi connectivity index (χ2n) is 5.82. The van der Waals surface area contributed by atoms with Gasteiger partial charge in [-0.1, -0.05) is 23.7 Å². The summed E-state index contributed by atoms with van der Waals surface area (Å²) < 4.78 is 0. The van der Waals surface area contributed by atoms with E-state index in [0.717, 1.165) is 36.0 Å². The van der Waals surface area contributed by atoms with Crippen molar-refractivity contribution in [2.75, 3.05) is 23.3 Å². The summed E-state index contributed by atoms with van der Waals surface area (Å²) in [6.07, 6.45) is 1.19. The molecule has 1 aromatic carbocycles. The van der Waals surface area contributed by atoms with Crippen molar-refractivity contribution in [3.63, 3.8) is 0 Å². The lowest BCUT2D eigenvalue weighted by atomic mass is 10.2. The van der Waals surface area contributed by atoms with Crippen molar-refractivity contribution in [2.45, 2.75) is 13.3 Å². The first kappa shape index (κ1) is 15.0. The number of aromatic nitrogens is 4. The van der Waals surface area contributed by atoms with Gasteiger partial charge in [-0.05, 0) is 25.5 Å². The smallest absolute Gasteiger partial charge is 0.165 e. The van der Waals surface area contributed by atoms with Crippen LogP contribution in [0.15, 0.2) is 36.4 Å². The zero-order valence-electron chi connectivity index (χ0n) is 13.3. The summed E-state index contributed by atoms with van der Waals surface area (Å²) in [5.74, 6) is 2.94. The lowest BCUT2D eigenvalue weighted by molar-refractivity contribution is 0.609. The second-order valence-corrected chi connectivity index (χ2v) is 6.22. The number of halogens is 1. The number of hydrogen-bond acceptors (Lipinski definition) is 5. The summed E-state index contributed by atoms with van der Waals surface area (Å²) in [7, 11) is 0. The molecule has 0 bridgehead atoms. The molecule has 0 spiro atoms. The maximum atomic E-state index is 6.32. The van der Waals surface area contributed by atoms with Gasteiger partial charge in [0.1, 0.15) is 11.6 Å². The average Bonchev–Trinajstić information content (AvgIpc) is 2.91. The monoisotopic (exact) mass is 340 g/mol. The molecule has 1 fully saturated rings. The highest BCUT2D eigenvalue weighted by Gasteiger charge is 2.19. The zero-order chi connectivity index (χ0) is 16.5. The number of aryl methyl sites for hydroxylation is 1. The third-order valence-electron chi connectivity index (χ3n) is 3.97. The van der Waals surface area contributed by atoms with E-state index in [2.05, 4.69) is 25.4 Å². The van der Waals surface area contributed by atoms with Crippen LogP contribution < -0.4 is 10.2 Å². The third kappa shape index (κ3) is 2.92. The van der Waals surface area contributed by atoms with Gasteiger partial charge in [0.15, 0.2) is 11.6 Å². The first-order chi connectivity index (χ1) is 11.7. The standard InChI is InChI=1S/C17H17ClN6/c1-11-9-15(23-22-11)19-14-10-16(24-7-4-8-24)21-17(20-14)12-5-2-3-6-13(12)18/h2-3,5-6,9-10H,4,7-8H2,1H3,(H2,19,20,21,22,23). The molecule has 0 saturated carbocycles. The maximum Gasteiger partial charge on any atom is 0.165 e. The van der Waals surface area contributed by atoms with E-state index in [0.29, 0.717) is 16.7 Å². The summed E-state index contributed by atoms with van der Waals surface area (Å²) in [6, 6.07) is 11.5. The van der Waals surface area contributed by atoms with Crippen LogP contribution in [-0.2, 0) is 0 Å². The number of benzene rings is 1. The molecular weight excluding hydrogens is 324 g/mol. The van der Waals surface area contributed by atoms with Crippen molar-refractivity contribution >= 4 is 29.1 Å². The molecule has 0 amide bonds. The van der Waals surface area contributed by atoms with Crippen molar-refractivity contribution in [1.82, 2.24) is 20.2 Å². The Morgan fingerprint density at radius 2 is 1.96 bits per heavy atom. The van der Waals surface area contributed by atoms with Crippen LogP contribution >= 0.6 is 11.6 Å². The molecule has 1 aliphatic rings. The van der Waals surface area contributed by atoms with E-state index in [1.54, 1.807) is 0 Å². The molecule has 6 nitrogen and oxygen atoms in total. The van der Waals surface area contributed by atoms with Crippen molar-refractivity contribution < 1.29 is 0 Å². The SMILES string of the molecule is Cc1cc(Nc2cc(N3CCC3)nc(-c3ccccc3Cl)n2)n[nH]1. The number of aromatic amines is 1. The Labute approximate surface area is 144 Å². The molecule has 2 N–H and O–H groups in total. The highest BCUT2D eigenvalue weighted by atomic mass is 35.5. The first-order valence-electron chi connectivity index (χ1n) is 7.87. The number of anilines is 3. The highest BCUT2D eigenvalue weighted by Crippen LogP contribution is 2.30. The molecule has 4 rings (SSSR count). The number of nitrogens with one attached hydrogen (secondary N) is 2. The minimum Gasteiger partial charge on any atom is -0.356 e. The van der Waals surface area contributed by atoms with Gasteiger partial charge in [-0.25, -0.2) is 9.97 Å². The summed E-state index contributed by atoms with van der Waals surface area (Å²) in [5.41, 5.74) is 1.81. The molecular formula is C17H17ClN6. The van der Waals surface area contributed by atoms with Gasteiger partial charge >= 0.3 is 0 Å². The molecule has 3 aromatic rings. The number of nitrogens with zero attached hydrogens (tertiary/aromatic N) is 4. The topological polar surface area (TPSA) is 69.7 Å². The van der Waals surface area contributed by atoms with Gasteiger partial charge in [-0.2, -0.15) is 5.10 Å². The largest absolute Gasteiger partial charge is 0.356 e. The molecule has 1 saturated heterocycles. The van der Waals surface area contributed by atoms with E-state index in [4.69, 9.17) is 16.6 Å². The van der Waals surface area contributed by atoms with E-state index in [-0.39, 0.29) is 0 Å². The lowest BCUT2D eigenvalue weighted by Gasteiger charge is -2.32. The zero-order valence-corrected chi connectivity index (χ0v) is 14.0. The van der Waals surface area contributed by atoms with Crippen molar-refractivity contribution in [1.29, 1.82) is 0 Å². The van der Waals surface area contributed by atoms with E-state index in [9.17, 15) is 0 Å². The second kappa shape index (κ2) is 6.13. The Bertz CT molecular complexity index is 871. The molecule has 0 atom stereocenters. The van der Waals surface area contributed by atoms with Gasteiger partial charge in [0.2, 0.25) is 0 Å². The molecule has 122 valence electrons. The van der Waals surface area contributed by atoms with Crippen LogP contribution in [0.1, 0.15) is 12.1 Å². The summed E-state index contributed by atoms with van der Waals surface area (Å²) in [4.78, 5) is 11.5. The van der Waals surface area contributed by atoms with Crippen LogP contribution in [0, 0.1) is 6.92 Å². The van der Waals surface area contributed by atoms with Gasteiger partial charge in [-0.15, -0.1) is 0 Å². The summed E-state index contributed by atoms with van der Waals surface area (Å²) in [5, 5.41) is 11.0. The van der Waals surface area contributed by atoms with Gasteiger partial charge < -0.3 is 10.2 Å². The van der Waals surface area contributed by atoms with Crippen LogP contribution in [0.3, 0.4) is 0 Å². The van der Waals surface area contributed by atoms with Crippen molar-refractivity contribution in [3.8, 4) is 11.4 Å². The van der Waals surface area contributed by atoms with Crippen LogP contribution in [0.4, 0.5) is 17.5 Å². The fraction of sp³-hybridized carbons (Fsp3) is 0.235. The van der Waals surface area contributed by atoms with E-state index < -0.39 is 0 Å². The van der Waals surface area contributed by atoms with Gasteiger partial charge in [0.25, 0.3) is 0 Å². The third-order valence-corrected chi connectivity index (χ3v) is 4.30. The highest BCUT2D eigenvalue weighted by molar-refractivity contribution is 6.33. The maximum absolute atomic E-state index is 6.32. The molecule has 0 unspecified atom stereocenters. The summed E-state index contributed by atoms with van der Waals surface area (Å²) >= 11 is 6.32. The number of hydrogen-bond donors (Lipinski definition) is 2. The Balaban J connectivity index is 1.75. The Hall–Kier alpha value is -2.60. The van der Waals surface area contributed by atoms with Crippen LogP contribution in [0.2, 0.25) is 5.02 Å². The fourth-order valence-corrected chi connectivity index (χ4v) is 2.80. The predicted octanol–water partition coefficient (Wildman–Crippen LogP) is 3.78. The van der Waals surface area contributed by atoms with Gasteiger partial charge in [-0.3, -0.25) is 5.10 Å². The van der Waals surface area contributed by atoms with E-state index >= 15 is 0 Å². The first-order valence-corrected chi connectivity index (χ1v) is 8.25.